The van der Waals surface area contributed by atoms with Crippen molar-refractivity contribution in [1.29, 1.82) is 5.26 Å². The molecule has 0 aliphatic carbocycles. The predicted octanol–water partition coefficient (Wildman–Crippen LogP) is 0.463. The van der Waals surface area contributed by atoms with E-state index < -0.39 is 0 Å². The molecule has 0 saturated heterocycles. The van der Waals surface area contributed by atoms with Gasteiger partial charge in [-0.05, 0) is 12.1 Å². The lowest BCUT2D eigenvalue weighted by Gasteiger charge is -1.95. The number of benzene rings is 1. The van der Waals surface area contributed by atoms with Gasteiger partial charge in [0.25, 0.3) is 0 Å². The average molecular weight is 160 g/mol. The molecule has 4 N–H and O–H groups in total. The molecule has 12 heavy (non-hydrogen) atoms. The van der Waals surface area contributed by atoms with Gasteiger partial charge in [0.1, 0.15) is 6.07 Å². The topological polar surface area (TPSA) is 88.2 Å². The van der Waals surface area contributed by atoms with E-state index in [0.717, 1.165) is 0 Å². The number of nitriles is 1. The highest BCUT2D eigenvalue weighted by Gasteiger charge is 1.97. The zero-order chi connectivity index (χ0) is 8.97. The molecule has 0 spiro atoms. The minimum atomic E-state index is -0.0438. The maximum Gasteiger partial charge on any atom is 0.191 e. The molecule has 0 fully saturated rings. The fourth-order valence-corrected chi connectivity index (χ4v) is 0.805. The largest absolute Gasteiger partial charge is 0.370 e. The van der Waals surface area contributed by atoms with Gasteiger partial charge in [-0.3, -0.25) is 0 Å². The Morgan fingerprint density at radius 1 is 1.33 bits per heavy atom. The molecule has 0 amide bonds. The smallest absolute Gasteiger partial charge is 0.191 e. The molecule has 1 aromatic carbocycles. The second kappa shape index (κ2) is 3.39. The minimum absolute atomic E-state index is 0.0438. The summed E-state index contributed by atoms with van der Waals surface area (Å²) in [4.78, 5) is 3.78. The second-order valence-corrected chi connectivity index (χ2v) is 2.17. The molecule has 4 nitrogen and oxygen atoms in total. The Hall–Kier alpha value is -2.02. The van der Waals surface area contributed by atoms with Crippen LogP contribution in [0.3, 0.4) is 0 Å². The SMILES string of the molecule is N#Cc1ccccc1N=C(N)N. The highest BCUT2D eigenvalue weighted by atomic mass is 15.0. The number of aliphatic imine (C=N–C) groups is 1. The minimum Gasteiger partial charge on any atom is -0.370 e. The number of nitrogens with two attached hydrogens (primary N) is 2. The Bertz CT molecular complexity index is 344. The molecule has 1 rings (SSSR count). The predicted molar refractivity (Wildman–Crippen MR) is 46.6 cm³/mol. The van der Waals surface area contributed by atoms with Gasteiger partial charge in [0, 0.05) is 0 Å². The Balaban J connectivity index is 3.17. The molecular formula is C8H8N4. The first-order chi connectivity index (χ1) is 5.74. The van der Waals surface area contributed by atoms with E-state index in [1.165, 1.54) is 0 Å². The molecule has 60 valence electrons. The number of para-hydroxylation sites is 1. The molecule has 0 radical (unpaired) electrons. The number of hydrogen-bond acceptors (Lipinski definition) is 2. The van der Waals surface area contributed by atoms with Crippen molar-refractivity contribution in [2.45, 2.75) is 0 Å². The molecule has 0 aliphatic rings. The van der Waals surface area contributed by atoms with E-state index in [1.54, 1.807) is 24.3 Å². The number of hydrogen-bond donors (Lipinski definition) is 2. The zero-order valence-electron chi connectivity index (χ0n) is 6.36. The van der Waals surface area contributed by atoms with E-state index in [-0.39, 0.29) is 5.96 Å². The van der Waals surface area contributed by atoms with Crippen LogP contribution >= 0.6 is 0 Å². The van der Waals surface area contributed by atoms with Crippen molar-refractivity contribution in [3.8, 4) is 6.07 Å². The molecule has 0 atom stereocenters. The summed E-state index contributed by atoms with van der Waals surface area (Å²) in [5.74, 6) is -0.0438. The molecule has 0 saturated carbocycles. The van der Waals surface area contributed by atoms with Crippen LogP contribution in [0.5, 0.6) is 0 Å². The molecule has 0 aliphatic heterocycles. The van der Waals surface area contributed by atoms with Gasteiger partial charge in [-0.2, -0.15) is 5.26 Å². The van der Waals surface area contributed by atoms with Crippen molar-refractivity contribution in [2.75, 3.05) is 0 Å². The van der Waals surface area contributed by atoms with E-state index in [9.17, 15) is 0 Å². The van der Waals surface area contributed by atoms with Crippen molar-refractivity contribution >= 4 is 11.6 Å². The summed E-state index contributed by atoms with van der Waals surface area (Å²) >= 11 is 0. The van der Waals surface area contributed by atoms with Crippen molar-refractivity contribution in [3.63, 3.8) is 0 Å². The van der Waals surface area contributed by atoms with Crippen LogP contribution in [0.15, 0.2) is 29.3 Å². The van der Waals surface area contributed by atoms with Crippen LogP contribution in [-0.4, -0.2) is 5.96 Å². The van der Waals surface area contributed by atoms with Crippen molar-refractivity contribution in [3.05, 3.63) is 29.8 Å². The highest BCUT2D eigenvalue weighted by molar-refractivity contribution is 5.80. The van der Waals surface area contributed by atoms with E-state index in [2.05, 4.69) is 4.99 Å². The van der Waals surface area contributed by atoms with Crippen LogP contribution < -0.4 is 11.5 Å². The van der Waals surface area contributed by atoms with Gasteiger partial charge >= 0.3 is 0 Å². The zero-order valence-corrected chi connectivity index (χ0v) is 6.36. The number of guanidine groups is 1. The third-order valence-corrected chi connectivity index (χ3v) is 1.27. The number of nitrogens with zero attached hydrogens (tertiary/aromatic N) is 2. The van der Waals surface area contributed by atoms with Gasteiger partial charge in [-0.25, -0.2) is 4.99 Å². The van der Waals surface area contributed by atoms with Crippen molar-refractivity contribution in [2.24, 2.45) is 16.5 Å². The summed E-state index contributed by atoms with van der Waals surface area (Å²) in [6, 6.07) is 8.84. The van der Waals surface area contributed by atoms with Crippen LogP contribution in [0, 0.1) is 11.3 Å². The monoisotopic (exact) mass is 160 g/mol. The molecule has 0 unspecified atom stereocenters. The van der Waals surface area contributed by atoms with Gasteiger partial charge in [0.05, 0.1) is 11.3 Å². The Labute approximate surface area is 70.1 Å². The molecular weight excluding hydrogens is 152 g/mol. The van der Waals surface area contributed by atoms with Gasteiger partial charge in [0.15, 0.2) is 5.96 Å². The molecule has 0 heterocycles. The van der Waals surface area contributed by atoms with Gasteiger partial charge in [-0.15, -0.1) is 0 Å². The van der Waals surface area contributed by atoms with Gasteiger partial charge in [-0.1, -0.05) is 12.1 Å². The molecule has 1 aromatic rings. The van der Waals surface area contributed by atoms with Crippen LogP contribution in [-0.2, 0) is 0 Å². The maximum atomic E-state index is 8.63. The first-order valence-electron chi connectivity index (χ1n) is 3.33. The fourth-order valence-electron chi connectivity index (χ4n) is 0.805. The Morgan fingerprint density at radius 2 is 2.00 bits per heavy atom. The highest BCUT2D eigenvalue weighted by Crippen LogP contribution is 2.16. The van der Waals surface area contributed by atoms with Crippen LogP contribution in [0.1, 0.15) is 5.56 Å². The van der Waals surface area contributed by atoms with Crippen LogP contribution in [0.2, 0.25) is 0 Å². The average Bonchev–Trinajstić information content (AvgIpc) is 2.04. The van der Waals surface area contributed by atoms with E-state index in [4.69, 9.17) is 16.7 Å². The Kier molecular flexibility index (Phi) is 2.29. The lowest BCUT2D eigenvalue weighted by molar-refractivity contribution is 1.39. The third kappa shape index (κ3) is 1.73. The van der Waals surface area contributed by atoms with Crippen LogP contribution in [0.4, 0.5) is 5.69 Å². The summed E-state index contributed by atoms with van der Waals surface area (Å²) in [6.45, 7) is 0. The standard InChI is InChI=1S/C8H8N4/c9-5-6-3-1-2-4-7(6)12-8(10)11/h1-4H,(H4,10,11,12). The number of rotatable bonds is 1. The quantitative estimate of drug-likeness (QED) is 0.462. The van der Waals surface area contributed by atoms with Gasteiger partial charge < -0.3 is 11.5 Å². The fraction of sp³-hybridized carbons (Fsp3) is 0. The first kappa shape index (κ1) is 8.08. The lowest BCUT2D eigenvalue weighted by Crippen LogP contribution is -2.21. The van der Waals surface area contributed by atoms with E-state index in [1.807, 2.05) is 6.07 Å². The molecule has 4 heteroatoms. The summed E-state index contributed by atoms with van der Waals surface area (Å²) < 4.78 is 0. The summed E-state index contributed by atoms with van der Waals surface area (Å²) in [5.41, 5.74) is 11.3. The van der Waals surface area contributed by atoms with Crippen molar-refractivity contribution in [1.82, 2.24) is 0 Å². The maximum absolute atomic E-state index is 8.63. The van der Waals surface area contributed by atoms with Gasteiger partial charge in [0.2, 0.25) is 0 Å². The first-order valence-corrected chi connectivity index (χ1v) is 3.33. The molecule has 0 aromatic heterocycles. The summed E-state index contributed by atoms with van der Waals surface area (Å²) in [5, 5.41) is 8.63. The van der Waals surface area contributed by atoms with E-state index in [0.29, 0.717) is 11.3 Å². The summed E-state index contributed by atoms with van der Waals surface area (Å²) in [6.07, 6.45) is 0. The Morgan fingerprint density at radius 3 is 2.58 bits per heavy atom. The normalized spacial score (nSPS) is 8.58. The second-order valence-electron chi connectivity index (χ2n) is 2.17. The lowest BCUT2D eigenvalue weighted by atomic mass is 10.2. The van der Waals surface area contributed by atoms with Crippen LogP contribution in [0.25, 0.3) is 0 Å². The third-order valence-electron chi connectivity index (χ3n) is 1.27. The van der Waals surface area contributed by atoms with Crippen molar-refractivity contribution < 1.29 is 0 Å². The summed E-state index contributed by atoms with van der Waals surface area (Å²) in [7, 11) is 0. The van der Waals surface area contributed by atoms with E-state index >= 15 is 0 Å². The molecule has 0 bridgehead atoms.